The van der Waals surface area contributed by atoms with Crippen LogP contribution in [0.1, 0.15) is 35.1 Å². The van der Waals surface area contributed by atoms with Crippen molar-refractivity contribution in [3.05, 3.63) is 59.5 Å². The second-order valence-corrected chi connectivity index (χ2v) is 5.61. The van der Waals surface area contributed by atoms with Gasteiger partial charge in [0.15, 0.2) is 0 Å². The Balaban J connectivity index is 2.16. The summed E-state index contributed by atoms with van der Waals surface area (Å²) in [5, 5.41) is 0.735. The molecular formula is C19H18N2O4. The van der Waals surface area contributed by atoms with Crippen molar-refractivity contribution in [1.82, 2.24) is 9.71 Å². The van der Waals surface area contributed by atoms with Crippen LogP contribution in [0.2, 0.25) is 0 Å². The van der Waals surface area contributed by atoms with Gasteiger partial charge in [0.2, 0.25) is 5.78 Å². The molecule has 0 N–H and O–H groups in total. The number of aromatic nitrogens is 2. The number of methoxy groups -OCH3 is 1. The summed E-state index contributed by atoms with van der Waals surface area (Å²) in [6, 6.07) is 10.5. The molecule has 0 amide bonds. The molecule has 2 aromatic heterocycles. The number of hydrogen-bond acceptors (Lipinski definition) is 5. The third-order valence-corrected chi connectivity index (χ3v) is 3.83. The van der Waals surface area contributed by atoms with Crippen molar-refractivity contribution in [2.45, 2.75) is 20.3 Å². The summed E-state index contributed by atoms with van der Waals surface area (Å²) in [5.41, 5.74) is 2.07. The Kier molecular flexibility index (Phi) is 4.52. The molecule has 0 saturated carbocycles. The van der Waals surface area contributed by atoms with E-state index in [4.69, 9.17) is 9.57 Å². The van der Waals surface area contributed by atoms with E-state index in [-0.39, 0.29) is 17.9 Å². The Morgan fingerprint density at radius 3 is 2.64 bits per heavy atom. The molecule has 0 spiro atoms. The van der Waals surface area contributed by atoms with Gasteiger partial charge in [-0.25, -0.2) is 4.79 Å². The first-order valence-corrected chi connectivity index (χ1v) is 7.91. The van der Waals surface area contributed by atoms with Crippen LogP contribution in [0.25, 0.3) is 10.9 Å². The van der Waals surface area contributed by atoms with Crippen LogP contribution < -0.4 is 9.57 Å². The molecule has 2 heterocycles. The van der Waals surface area contributed by atoms with Crippen molar-refractivity contribution in [2.24, 2.45) is 0 Å². The normalized spacial score (nSPS) is 10.7. The van der Waals surface area contributed by atoms with Gasteiger partial charge in [0.25, 0.3) is 0 Å². The molecule has 6 heteroatoms. The highest BCUT2D eigenvalue weighted by Gasteiger charge is 2.21. The van der Waals surface area contributed by atoms with E-state index < -0.39 is 5.97 Å². The van der Waals surface area contributed by atoms with Crippen LogP contribution in [0.5, 0.6) is 5.75 Å². The van der Waals surface area contributed by atoms with Gasteiger partial charge < -0.3 is 9.57 Å². The highest BCUT2D eigenvalue weighted by Crippen LogP contribution is 2.25. The summed E-state index contributed by atoms with van der Waals surface area (Å²) in [5.74, 6) is -0.0958. The summed E-state index contributed by atoms with van der Waals surface area (Å²) in [7, 11) is 1.57. The molecule has 6 nitrogen and oxygen atoms in total. The van der Waals surface area contributed by atoms with Gasteiger partial charge in [-0.05, 0) is 48.9 Å². The average molecular weight is 338 g/mol. The van der Waals surface area contributed by atoms with Crippen molar-refractivity contribution < 1.29 is 19.2 Å². The molecule has 0 bridgehead atoms. The molecule has 1 aromatic carbocycles. The zero-order valence-corrected chi connectivity index (χ0v) is 14.3. The van der Waals surface area contributed by atoms with E-state index in [9.17, 15) is 9.59 Å². The minimum atomic E-state index is -0.431. The lowest BCUT2D eigenvalue weighted by Gasteiger charge is -2.09. The van der Waals surface area contributed by atoms with Crippen molar-refractivity contribution in [1.29, 1.82) is 0 Å². The fraction of sp³-hybridized carbons (Fsp3) is 0.211. The number of carbonyl (C=O) groups excluding carboxylic acids is 2. The van der Waals surface area contributed by atoms with Crippen molar-refractivity contribution >= 4 is 22.7 Å². The molecular weight excluding hydrogens is 320 g/mol. The highest BCUT2D eigenvalue weighted by atomic mass is 16.7. The van der Waals surface area contributed by atoms with E-state index in [1.165, 1.54) is 4.73 Å². The van der Waals surface area contributed by atoms with E-state index >= 15 is 0 Å². The van der Waals surface area contributed by atoms with Gasteiger partial charge in [0.1, 0.15) is 17.1 Å². The number of fused-ring (bicyclic) bond motifs is 1. The molecule has 0 unspecified atom stereocenters. The monoisotopic (exact) mass is 338 g/mol. The highest BCUT2D eigenvalue weighted by molar-refractivity contribution is 6.09. The number of ether oxygens (including phenoxy) is 1. The van der Waals surface area contributed by atoms with E-state index in [1.54, 1.807) is 50.6 Å². The number of nitrogens with zero attached hydrogens (tertiary/aromatic N) is 2. The molecule has 0 fully saturated rings. The summed E-state index contributed by atoms with van der Waals surface area (Å²) in [6.07, 6.45) is 1.78. The first-order valence-electron chi connectivity index (χ1n) is 7.91. The molecule has 0 saturated heterocycles. The van der Waals surface area contributed by atoms with Crippen LogP contribution in [0.4, 0.5) is 0 Å². The van der Waals surface area contributed by atoms with Gasteiger partial charge in [-0.2, -0.15) is 4.73 Å². The largest absolute Gasteiger partial charge is 0.497 e. The van der Waals surface area contributed by atoms with Crippen LogP contribution in [0, 0.1) is 6.92 Å². The molecule has 0 aliphatic rings. The zero-order chi connectivity index (χ0) is 18.0. The number of ketones is 1. The fourth-order valence-electron chi connectivity index (χ4n) is 2.51. The number of carbonyl (C=O) groups is 2. The fourth-order valence-corrected chi connectivity index (χ4v) is 2.51. The maximum Gasteiger partial charge on any atom is 0.332 e. The Morgan fingerprint density at radius 1 is 1.16 bits per heavy atom. The van der Waals surface area contributed by atoms with Gasteiger partial charge in [-0.15, -0.1) is 0 Å². The number of rotatable bonds is 5. The van der Waals surface area contributed by atoms with Crippen molar-refractivity contribution in [2.75, 3.05) is 7.11 Å². The number of pyridine rings is 1. The second kappa shape index (κ2) is 6.76. The molecule has 25 heavy (non-hydrogen) atoms. The molecule has 3 rings (SSSR count). The van der Waals surface area contributed by atoms with Crippen molar-refractivity contribution in [3.63, 3.8) is 0 Å². The lowest BCUT2D eigenvalue weighted by molar-refractivity contribution is -0.143. The van der Waals surface area contributed by atoms with Crippen LogP contribution in [-0.2, 0) is 4.79 Å². The molecule has 128 valence electrons. The first-order chi connectivity index (χ1) is 12.0. The third-order valence-electron chi connectivity index (χ3n) is 3.83. The first kappa shape index (κ1) is 16.7. The van der Waals surface area contributed by atoms with Gasteiger partial charge in [-0.1, -0.05) is 6.92 Å². The standard InChI is InChI=1S/C19H18N2O4/c1-4-18(22)25-21-16-6-5-14(24-3)10-13(16)11-17(21)19(23)15-9-12(2)7-8-20-15/h5-11H,4H2,1-3H3. The second-order valence-electron chi connectivity index (χ2n) is 5.61. The summed E-state index contributed by atoms with van der Waals surface area (Å²) < 4.78 is 6.49. The summed E-state index contributed by atoms with van der Waals surface area (Å²) in [4.78, 5) is 34.2. The Labute approximate surface area is 145 Å². The maximum atomic E-state index is 12.9. The van der Waals surface area contributed by atoms with E-state index in [2.05, 4.69) is 4.98 Å². The van der Waals surface area contributed by atoms with Gasteiger partial charge in [0.05, 0.1) is 12.6 Å². The summed E-state index contributed by atoms with van der Waals surface area (Å²) >= 11 is 0. The Hall–Kier alpha value is -3.15. The Bertz CT molecular complexity index is 959. The predicted molar refractivity (Wildman–Crippen MR) is 92.8 cm³/mol. The van der Waals surface area contributed by atoms with E-state index in [0.717, 1.165) is 10.9 Å². The van der Waals surface area contributed by atoms with Crippen LogP contribution in [0.3, 0.4) is 0 Å². The van der Waals surface area contributed by atoms with Crippen LogP contribution >= 0.6 is 0 Å². The quantitative estimate of drug-likeness (QED) is 0.669. The maximum absolute atomic E-state index is 12.9. The predicted octanol–water partition coefficient (Wildman–Crippen LogP) is 2.95. The number of benzene rings is 1. The lowest BCUT2D eigenvalue weighted by Crippen LogP contribution is -2.23. The van der Waals surface area contributed by atoms with Crippen LogP contribution in [-0.4, -0.2) is 28.6 Å². The number of aryl methyl sites for hydroxylation is 1. The molecule has 0 aliphatic carbocycles. The smallest absolute Gasteiger partial charge is 0.332 e. The summed E-state index contributed by atoms with van der Waals surface area (Å²) in [6.45, 7) is 3.58. The molecule has 0 radical (unpaired) electrons. The third kappa shape index (κ3) is 3.24. The SMILES string of the molecule is CCC(=O)On1c(C(=O)c2cc(C)ccn2)cc2cc(OC)ccc21. The molecule has 3 aromatic rings. The zero-order valence-electron chi connectivity index (χ0n) is 14.3. The molecule has 0 atom stereocenters. The van der Waals surface area contributed by atoms with Crippen molar-refractivity contribution in [3.8, 4) is 5.75 Å². The topological polar surface area (TPSA) is 70.4 Å². The lowest BCUT2D eigenvalue weighted by atomic mass is 10.1. The van der Waals surface area contributed by atoms with Gasteiger partial charge in [-0.3, -0.25) is 9.78 Å². The minimum Gasteiger partial charge on any atom is -0.497 e. The Morgan fingerprint density at radius 2 is 1.96 bits per heavy atom. The van der Waals surface area contributed by atoms with E-state index in [0.29, 0.717) is 17.0 Å². The average Bonchev–Trinajstić information content (AvgIpc) is 2.98. The van der Waals surface area contributed by atoms with Gasteiger partial charge >= 0.3 is 5.97 Å². The van der Waals surface area contributed by atoms with Gasteiger partial charge in [0, 0.05) is 18.0 Å². The van der Waals surface area contributed by atoms with E-state index in [1.807, 2.05) is 13.0 Å². The molecule has 0 aliphatic heterocycles. The number of hydrogen-bond donors (Lipinski definition) is 0. The van der Waals surface area contributed by atoms with Crippen LogP contribution in [0.15, 0.2) is 42.6 Å². The minimum absolute atomic E-state index is 0.201.